The van der Waals surface area contributed by atoms with Crippen LogP contribution in [0, 0.1) is 0 Å². The molecule has 0 aliphatic carbocycles. The summed E-state index contributed by atoms with van der Waals surface area (Å²) in [4.78, 5) is 14.4. The fourth-order valence-electron chi connectivity index (χ4n) is 0.567. The van der Waals surface area contributed by atoms with Crippen LogP contribution in [0.1, 0.15) is 6.92 Å². The van der Waals surface area contributed by atoms with Crippen LogP contribution in [-0.2, 0) is 4.79 Å². The lowest BCUT2D eigenvalue weighted by molar-refractivity contribution is -0.137. The zero-order valence-electron chi connectivity index (χ0n) is 6.24. The first-order valence-corrected chi connectivity index (χ1v) is 4.87. The van der Waals surface area contributed by atoms with E-state index < -0.39 is 12.0 Å². The minimum atomic E-state index is -0.888. The van der Waals surface area contributed by atoms with Crippen LogP contribution in [-0.4, -0.2) is 22.1 Å². The summed E-state index contributed by atoms with van der Waals surface area (Å²) in [6, 6.07) is -0.608. The zero-order chi connectivity index (χ0) is 9.14. The van der Waals surface area contributed by atoms with Gasteiger partial charge >= 0.3 is 5.97 Å². The number of anilines is 1. The summed E-state index contributed by atoms with van der Waals surface area (Å²) in [5.74, 6) is -0.888. The van der Waals surface area contributed by atoms with Crippen molar-refractivity contribution in [2.45, 2.75) is 13.0 Å². The third-order valence-electron chi connectivity index (χ3n) is 1.19. The van der Waals surface area contributed by atoms with Crippen molar-refractivity contribution in [2.24, 2.45) is 0 Å². The van der Waals surface area contributed by atoms with Crippen LogP contribution >= 0.6 is 27.3 Å². The van der Waals surface area contributed by atoms with Crippen LogP contribution < -0.4 is 5.32 Å². The number of rotatable bonds is 3. The second kappa shape index (κ2) is 3.86. The predicted molar refractivity (Wildman–Crippen MR) is 50.5 cm³/mol. The number of carbonyl (C=O) groups is 1. The molecule has 0 amide bonds. The van der Waals surface area contributed by atoms with Crippen molar-refractivity contribution in [3.8, 4) is 0 Å². The molecule has 1 unspecified atom stereocenters. The van der Waals surface area contributed by atoms with Gasteiger partial charge in [0.05, 0.1) is 0 Å². The SMILES string of the molecule is CC(Nc1nc(Br)cs1)C(=O)O. The van der Waals surface area contributed by atoms with Crippen LogP contribution in [0.4, 0.5) is 5.13 Å². The number of nitrogens with one attached hydrogen (secondary N) is 1. The molecule has 6 heteroatoms. The van der Waals surface area contributed by atoms with Gasteiger partial charge in [-0.05, 0) is 22.9 Å². The van der Waals surface area contributed by atoms with Gasteiger partial charge in [-0.25, -0.2) is 4.98 Å². The molecule has 1 atom stereocenters. The lowest BCUT2D eigenvalue weighted by atomic mass is 10.4. The van der Waals surface area contributed by atoms with Gasteiger partial charge in [-0.2, -0.15) is 0 Å². The largest absolute Gasteiger partial charge is 0.480 e. The van der Waals surface area contributed by atoms with E-state index in [2.05, 4.69) is 26.2 Å². The van der Waals surface area contributed by atoms with Crippen molar-refractivity contribution in [3.63, 3.8) is 0 Å². The molecule has 0 bridgehead atoms. The van der Waals surface area contributed by atoms with Gasteiger partial charge in [-0.1, -0.05) is 0 Å². The Bertz CT molecular complexity index is 289. The van der Waals surface area contributed by atoms with E-state index in [0.29, 0.717) is 9.73 Å². The van der Waals surface area contributed by atoms with Crippen molar-refractivity contribution in [2.75, 3.05) is 5.32 Å². The Hall–Kier alpha value is -0.620. The molecule has 1 aromatic rings. The smallest absolute Gasteiger partial charge is 0.325 e. The fourth-order valence-corrected chi connectivity index (χ4v) is 1.80. The highest BCUT2D eigenvalue weighted by Crippen LogP contribution is 2.19. The second-order valence-electron chi connectivity index (χ2n) is 2.18. The van der Waals surface area contributed by atoms with Gasteiger partial charge in [-0.15, -0.1) is 11.3 Å². The van der Waals surface area contributed by atoms with Crippen molar-refractivity contribution < 1.29 is 9.90 Å². The van der Waals surface area contributed by atoms with Gasteiger partial charge < -0.3 is 10.4 Å². The van der Waals surface area contributed by atoms with Gasteiger partial charge in [0.2, 0.25) is 0 Å². The standard InChI is InChI=1S/C6H7BrN2O2S/c1-3(5(10)11)8-6-9-4(7)2-12-6/h2-3H,1H3,(H,8,9)(H,10,11). The highest BCUT2D eigenvalue weighted by Gasteiger charge is 2.11. The molecular formula is C6H7BrN2O2S. The molecule has 4 nitrogen and oxygen atoms in total. The molecule has 1 heterocycles. The molecule has 1 rings (SSSR count). The van der Waals surface area contributed by atoms with Crippen LogP contribution in [0.2, 0.25) is 0 Å². The molecule has 12 heavy (non-hydrogen) atoms. The number of hydrogen-bond donors (Lipinski definition) is 2. The summed E-state index contributed by atoms with van der Waals surface area (Å²) in [6.45, 7) is 1.57. The Morgan fingerprint density at radius 3 is 3.00 bits per heavy atom. The Kier molecular flexibility index (Phi) is 3.05. The number of nitrogens with zero attached hydrogens (tertiary/aromatic N) is 1. The third kappa shape index (κ3) is 2.46. The van der Waals surface area contributed by atoms with Crippen LogP contribution in [0.3, 0.4) is 0 Å². The first kappa shape index (κ1) is 9.47. The first-order valence-electron chi connectivity index (χ1n) is 3.20. The molecule has 2 N–H and O–H groups in total. The fraction of sp³-hybridized carbons (Fsp3) is 0.333. The second-order valence-corrected chi connectivity index (χ2v) is 3.85. The molecule has 0 aliphatic heterocycles. The number of halogens is 1. The van der Waals surface area contributed by atoms with Crippen LogP contribution in [0.25, 0.3) is 0 Å². The van der Waals surface area contributed by atoms with Crippen molar-refractivity contribution in [1.82, 2.24) is 4.98 Å². The first-order chi connectivity index (χ1) is 5.59. The predicted octanol–water partition coefficient (Wildman–Crippen LogP) is 1.79. The summed E-state index contributed by atoms with van der Waals surface area (Å²) >= 11 is 4.53. The number of hydrogen-bond acceptors (Lipinski definition) is 4. The number of carboxylic acid groups (broad SMARTS) is 1. The molecule has 0 fully saturated rings. The maximum atomic E-state index is 10.4. The van der Waals surface area contributed by atoms with E-state index in [9.17, 15) is 4.79 Å². The van der Waals surface area contributed by atoms with E-state index >= 15 is 0 Å². The lowest BCUT2D eigenvalue weighted by Crippen LogP contribution is -2.25. The van der Waals surface area contributed by atoms with Gasteiger partial charge in [0.15, 0.2) is 5.13 Å². The maximum absolute atomic E-state index is 10.4. The average Bonchev–Trinajstić information content (AvgIpc) is 2.35. The van der Waals surface area contributed by atoms with Crippen molar-refractivity contribution in [1.29, 1.82) is 0 Å². The van der Waals surface area contributed by atoms with E-state index in [1.165, 1.54) is 11.3 Å². The monoisotopic (exact) mass is 250 g/mol. The number of thiazole rings is 1. The molecule has 0 saturated heterocycles. The third-order valence-corrected chi connectivity index (χ3v) is 2.67. The van der Waals surface area contributed by atoms with Gasteiger partial charge in [0.25, 0.3) is 0 Å². The number of aromatic nitrogens is 1. The molecule has 66 valence electrons. The summed E-state index contributed by atoms with van der Waals surface area (Å²) in [6.07, 6.45) is 0. The molecule has 0 aromatic carbocycles. The highest BCUT2D eigenvalue weighted by molar-refractivity contribution is 9.10. The van der Waals surface area contributed by atoms with Gasteiger partial charge in [0, 0.05) is 5.38 Å². The minimum absolute atomic E-state index is 0.608. The summed E-state index contributed by atoms with van der Waals surface area (Å²) in [5, 5.41) is 13.7. The summed E-state index contributed by atoms with van der Waals surface area (Å²) in [7, 11) is 0. The summed E-state index contributed by atoms with van der Waals surface area (Å²) in [5.41, 5.74) is 0. The van der Waals surface area contributed by atoms with E-state index in [0.717, 1.165) is 0 Å². The average molecular weight is 251 g/mol. The molecule has 0 aliphatic rings. The number of aliphatic carboxylic acids is 1. The van der Waals surface area contributed by atoms with Crippen LogP contribution in [0.15, 0.2) is 9.98 Å². The van der Waals surface area contributed by atoms with E-state index in [4.69, 9.17) is 5.11 Å². The molecule has 1 aromatic heterocycles. The number of carboxylic acids is 1. The lowest BCUT2D eigenvalue weighted by Gasteiger charge is -2.05. The van der Waals surface area contributed by atoms with E-state index in [1.807, 2.05) is 0 Å². The maximum Gasteiger partial charge on any atom is 0.325 e. The highest BCUT2D eigenvalue weighted by atomic mass is 79.9. The quantitative estimate of drug-likeness (QED) is 0.859. The van der Waals surface area contributed by atoms with Gasteiger partial charge in [-0.3, -0.25) is 4.79 Å². The Morgan fingerprint density at radius 1 is 1.92 bits per heavy atom. The van der Waals surface area contributed by atoms with E-state index in [1.54, 1.807) is 12.3 Å². The van der Waals surface area contributed by atoms with E-state index in [-0.39, 0.29) is 0 Å². The normalized spacial score (nSPS) is 12.5. The zero-order valence-corrected chi connectivity index (χ0v) is 8.65. The Balaban J connectivity index is 2.58. The van der Waals surface area contributed by atoms with Crippen molar-refractivity contribution >= 4 is 38.4 Å². The molecule has 0 spiro atoms. The molecule has 0 radical (unpaired) electrons. The Morgan fingerprint density at radius 2 is 2.58 bits per heavy atom. The summed E-state index contributed by atoms with van der Waals surface area (Å²) < 4.78 is 0.715. The topological polar surface area (TPSA) is 62.2 Å². The Labute approximate surface area is 81.8 Å². The van der Waals surface area contributed by atoms with Crippen molar-refractivity contribution in [3.05, 3.63) is 9.98 Å². The van der Waals surface area contributed by atoms with Crippen LogP contribution in [0.5, 0.6) is 0 Å². The molecular weight excluding hydrogens is 244 g/mol. The molecule has 0 saturated carbocycles. The van der Waals surface area contributed by atoms with Gasteiger partial charge in [0.1, 0.15) is 10.6 Å². The minimum Gasteiger partial charge on any atom is -0.480 e.